The number of rotatable bonds is 3. The van der Waals surface area contributed by atoms with Crippen LogP contribution in [0, 0.1) is 33.5 Å². The molecule has 11 heteroatoms. The van der Waals surface area contributed by atoms with E-state index in [1.54, 1.807) is 19.5 Å². The molecule has 0 radical (unpaired) electrons. The summed E-state index contributed by atoms with van der Waals surface area (Å²) in [5.41, 5.74) is -4.93. The summed E-state index contributed by atoms with van der Waals surface area (Å²) >= 11 is 0. The van der Waals surface area contributed by atoms with Crippen molar-refractivity contribution in [2.45, 2.75) is 102 Å². The third-order valence-electron chi connectivity index (χ3n) is 12.6. The Morgan fingerprint density at radius 3 is 2.32 bits per heavy atom. The SMILES string of the molecule is CC(=O)O[C@@H]1C[C@H](O)[C@@]23CO[C@H](O)[C@]1(C)[C@@H]2C[C@H](O)[C@]1(C)[C@@H]3C(=O)[C@H](OC(C)=O)[C@@]2(C)[C@H](c3ccoc3)C[C@H]3O[C@@]312. The number of esters is 2. The van der Waals surface area contributed by atoms with Gasteiger partial charge in [-0.2, -0.15) is 0 Å². The molecule has 6 fully saturated rings. The molecule has 3 heterocycles. The smallest absolute Gasteiger partial charge is 0.303 e. The van der Waals surface area contributed by atoms with Crippen LogP contribution < -0.4 is 0 Å². The van der Waals surface area contributed by atoms with Crippen LogP contribution in [0.3, 0.4) is 0 Å². The van der Waals surface area contributed by atoms with E-state index in [0.717, 1.165) is 5.56 Å². The molecule has 4 aliphatic carbocycles. The predicted octanol–water partition coefficient (Wildman–Crippen LogP) is 1.47. The van der Waals surface area contributed by atoms with Crippen molar-refractivity contribution in [3.8, 4) is 0 Å². The summed E-state index contributed by atoms with van der Waals surface area (Å²) in [6, 6.07) is 1.84. The van der Waals surface area contributed by atoms with Crippen LogP contribution >= 0.6 is 0 Å². The minimum Gasteiger partial charge on any atom is -0.472 e. The number of ketones is 1. The number of carbonyl (C=O) groups is 3. The highest BCUT2D eigenvalue weighted by Crippen LogP contribution is 2.82. The van der Waals surface area contributed by atoms with Gasteiger partial charge >= 0.3 is 11.9 Å². The van der Waals surface area contributed by atoms with Crippen molar-refractivity contribution in [1.29, 1.82) is 0 Å². The molecule has 14 atom stereocenters. The van der Waals surface area contributed by atoms with Crippen LogP contribution in [0.1, 0.15) is 65.4 Å². The van der Waals surface area contributed by atoms with Crippen LogP contribution in [0.15, 0.2) is 23.0 Å². The molecule has 6 aliphatic rings. The maximum Gasteiger partial charge on any atom is 0.303 e. The monoisotopic (exact) mass is 574 g/mol. The first kappa shape index (κ1) is 27.5. The van der Waals surface area contributed by atoms with Crippen LogP contribution in [-0.2, 0) is 33.3 Å². The maximum absolute atomic E-state index is 15.0. The van der Waals surface area contributed by atoms with E-state index in [1.807, 2.05) is 19.9 Å². The largest absolute Gasteiger partial charge is 0.472 e. The lowest BCUT2D eigenvalue weighted by molar-refractivity contribution is -0.373. The number of aliphatic hydroxyl groups excluding tert-OH is 3. The second-order valence-corrected chi connectivity index (χ2v) is 13.9. The molecule has 1 spiro atoms. The Bertz CT molecular complexity index is 1310. The topological polar surface area (TPSA) is 165 Å². The van der Waals surface area contributed by atoms with Crippen LogP contribution in [0.2, 0.25) is 0 Å². The average molecular weight is 575 g/mol. The van der Waals surface area contributed by atoms with Crippen molar-refractivity contribution in [3.05, 3.63) is 24.2 Å². The number of aliphatic hydroxyl groups is 3. The number of carbonyl (C=O) groups excluding carboxylic acids is 3. The number of epoxide rings is 1. The molecule has 2 aliphatic heterocycles. The molecule has 7 rings (SSSR count). The molecule has 0 amide bonds. The highest BCUT2D eigenvalue weighted by Gasteiger charge is 2.92. The zero-order valence-electron chi connectivity index (χ0n) is 23.9. The molecule has 224 valence electrons. The number of hydrogen-bond donors (Lipinski definition) is 3. The lowest BCUT2D eigenvalue weighted by Gasteiger charge is -2.73. The second kappa shape index (κ2) is 8.19. The third-order valence-corrected chi connectivity index (χ3v) is 12.6. The summed E-state index contributed by atoms with van der Waals surface area (Å²) in [7, 11) is 0. The summed E-state index contributed by atoms with van der Waals surface area (Å²) in [4.78, 5) is 39.7. The standard InChI is InChI=1S/C30H38O11/c1-13(31)39-20-10-19(34)29-12-38-25(36)26(20,3)17(29)9-18(33)28(5)23(29)22(35)24(40-14(2)32)27(4)16(15-6-7-37-11-15)8-21-30(27,28)41-21/h6-7,11,16-21,23-25,33-34,36H,8-10,12H2,1-5H3/t16-,17-,18-,19-,20+,21+,23-,24-,25-,26+,27+,28+,29+,30+/m0/s1. The fourth-order valence-corrected chi connectivity index (χ4v) is 11.0. The molecule has 2 saturated heterocycles. The Labute approximate surface area is 237 Å². The minimum atomic E-state index is -1.36. The molecule has 11 nitrogen and oxygen atoms in total. The number of hydrogen-bond acceptors (Lipinski definition) is 11. The Morgan fingerprint density at radius 1 is 0.976 bits per heavy atom. The Balaban J connectivity index is 1.44. The molecule has 41 heavy (non-hydrogen) atoms. The van der Waals surface area contributed by atoms with Gasteiger partial charge in [0.05, 0.1) is 48.3 Å². The molecule has 4 saturated carbocycles. The van der Waals surface area contributed by atoms with Crippen molar-refractivity contribution >= 4 is 17.7 Å². The summed E-state index contributed by atoms with van der Waals surface area (Å²) in [6.07, 6.45) is -2.27. The Kier molecular flexibility index (Phi) is 5.50. The van der Waals surface area contributed by atoms with Crippen LogP contribution in [0.4, 0.5) is 0 Å². The van der Waals surface area contributed by atoms with E-state index in [0.29, 0.717) is 6.42 Å². The van der Waals surface area contributed by atoms with Gasteiger partial charge in [-0.3, -0.25) is 14.4 Å². The van der Waals surface area contributed by atoms with Crippen molar-refractivity contribution in [2.24, 2.45) is 33.5 Å². The van der Waals surface area contributed by atoms with Gasteiger partial charge in [-0.1, -0.05) is 20.8 Å². The lowest BCUT2D eigenvalue weighted by Crippen LogP contribution is -2.82. The molecule has 3 N–H and O–H groups in total. The van der Waals surface area contributed by atoms with Gasteiger partial charge in [0.25, 0.3) is 0 Å². The number of Topliss-reactive ketones (excluding diaryl/α,β-unsaturated/α-hetero) is 1. The number of ether oxygens (including phenoxy) is 4. The van der Waals surface area contributed by atoms with E-state index in [1.165, 1.54) is 13.8 Å². The van der Waals surface area contributed by atoms with E-state index in [9.17, 15) is 24.9 Å². The van der Waals surface area contributed by atoms with Crippen LogP contribution in [0.5, 0.6) is 0 Å². The minimum absolute atomic E-state index is 0.0205. The van der Waals surface area contributed by atoms with Gasteiger partial charge in [-0.15, -0.1) is 0 Å². The second-order valence-electron chi connectivity index (χ2n) is 13.9. The summed E-state index contributed by atoms with van der Waals surface area (Å²) < 4.78 is 29.5. The van der Waals surface area contributed by atoms with E-state index < -0.39 is 87.5 Å². The van der Waals surface area contributed by atoms with Gasteiger partial charge in [0.15, 0.2) is 18.2 Å². The van der Waals surface area contributed by atoms with Crippen molar-refractivity contribution in [3.63, 3.8) is 0 Å². The molecule has 0 unspecified atom stereocenters. The van der Waals surface area contributed by atoms with Crippen molar-refractivity contribution in [2.75, 3.05) is 6.61 Å². The van der Waals surface area contributed by atoms with Crippen LogP contribution in [0.25, 0.3) is 0 Å². The van der Waals surface area contributed by atoms with E-state index in [2.05, 4.69) is 0 Å². The van der Waals surface area contributed by atoms with Crippen LogP contribution in [-0.4, -0.2) is 82.1 Å². The molecule has 1 aromatic rings. The summed E-state index contributed by atoms with van der Waals surface area (Å²) in [5.74, 6) is -3.56. The predicted molar refractivity (Wildman–Crippen MR) is 137 cm³/mol. The Hall–Kier alpha value is -2.31. The van der Waals surface area contributed by atoms with Gasteiger partial charge in [-0.05, 0) is 30.4 Å². The van der Waals surface area contributed by atoms with Crippen molar-refractivity contribution < 1.29 is 53.1 Å². The molecule has 2 bridgehead atoms. The maximum atomic E-state index is 15.0. The normalized spacial score (nSPS) is 54.7. The van der Waals surface area contributed by atoms with Gasteiger partial charge < -0.3 is 38.7 Å². The Morgan fingerprint density at radius 2 is 1.68 bits per heavy atom. The van der Waals surface area contributed by atoms with E-state index in [-0.39, 0.29) is 31.5 Å². The highest BCUT2D eigenvalue weighted by atomic mass is 16.6. The highest BCUT2D eigenvalue weighted by molar-refractivity contribution is 5.93. The number of furan rings is 1. The van der Waals surface area contributed by atoms with Gasteiger partial charge in [0, 0.05) is 42.9 Å². The molecule has 1 aromatic heterocycles. The fourth-order valence-electron chi connectivity index (χ4n) is 11.0. The lowest BCUT2D eigenvalue weighted by atomic mass is 9.33. The zero-order chi connectivity index (χ0) is 29.5. The first-order valence-corrected chi connectivity index (χ1v) is 14.5. The number of fused-ring (bicyclic) bond motifs is 1. The fraction of sp³-hybridized carbons (Fsp3) is 0.767. The summed E-state index contributed by atoms with van der Waals surface area (Å²) in [6.45, 7) is 7.85. The molecular formula is C30H38O11. The first-order valence-electron chi connectivity index (χ1n) is 14.5. The van der Waals surface area contributed by atoms with E-state index >= 15 is 4.79 Å². The third kappa shape index (κ3) is 2.85. The quantitative estimate of drug-likeness (QED) is 0.354. The average Bonchev–Trinajstić information content (AvgIpc) is 3.26. The zero-order valence-corrected chi connectivity index (χ0v) is 23.9. The van der Waals surface area contributed by atoms with Gasteiger partial charge in [0.1, 0.15) is 11.7 Å². The first-order chi connectivity index (χ1) is 19.2. The summed E-state index contributed by atoms with van der Waals surface area (Å²) in [5, 5.41) is 35.4. The van der Waals surface area contributed by atoms with Crippen molar-refractivity contribution in [1.82, 2.24) is 0 Å². The van der Waals surface area contributed by atoms with E-state index in [4.69, 9.17) is 23.4 Å². The molecule has 0 aromatic carbocycles. The molecular weight excluding hydrogens is 536 g/mol. The van der Waals surface area contributed by atoms with Gasteiger partial charge in [-0.25, -0.2) is 0 Å². The van der Waals surface area contributed by atoms with Gasteiger partial charge in [0.2, 0.25) is 0 Å².